The molecule has 0 saturated heterocycles. The number of nitrogens with one attached hydrogen (secondary N) is 1. The fourth-order valence-corrected chi connectivity index (χ4v) is 4.85. The number of hydrogen-bond acceptors (Lipinski definition) is 6. The number of hydroxylamine groups is 1. The number of imidazole rings is 1. The van der Waals surface area contributed by atoms with Gasteiger partial charge >= 0.3 is 12.1 Å². The number of amidine groups is 1. The van der Waals surface area contributed by atoms with Crippen molar-refractivity contribution >= 4 is 22.7 Å². The Kier molecular flexibility index (Phi) is 7.21. The summed E-state index contributed by atoms with van der Waals surface area (Å²) >= 11 is 0. The van der Waals surface area contributed by atoms with Crippen LogP contribution in [-0.4, -0.2) is 37.3 Å². The van der Waals surface area contributed by atoms with Gasteiger partial charge < -0.3 is 14.2 Å². The number of carbonyl (C=O) groups is 1. The number of nitrogens with zero attached hydrogens (tertiary/aromatic N) is 4. The number of pyridine rings is 1. The maximum Gasteiger partial charge on any atom is 0.416 e. The van der Waals surface area contributed by atoms with Gasteiger partial charge in [-0.15, -0.1) is 0 Å². The molecular formula is C30H20F5N5O4. The van der Waals surface area contributed by atoms with E-state index in [2.05, 4.69) is 15.5 Å². The van der Waals surface area contributed by atoms with Gasteiger partial charge in [0.25, 0.3) is 0 Å². The van der Waals surface area contributed by atoms with Gasteiger partial charge in [0.05, 0.1) is 28.9 Å². The van der Waals surface area contributed by atoms with E-state index in [1.54, 1.807) is 0 Å². The van der Waals surface area contributed by atoms with Crippen molar-refractivity contribution in [2.75, 3.05) is 0 Å². The minimum atomic E-state index is -4.76. The van der Waals surface area contributed by atoms with Crippen molar-refractivity contribution in [2.24, 2.45) is 4.99 Å². The number of alkyl halides is 3. The maximum atomic E-state index is 15.4. The summed E-state index contributed by atoms with van der Waals surface area (Å²) in [5.41, 5.74) is 1.06. The Morgan fingerprint density at radius 1 is 1.02 bits per heavy atom. The number of hydrogen-bond donors (Lipinski definition) is 2. The number of rotatable bonds is 7. The fraction of sp³-hybridized carbons (Fsp3) is 0.133. The molecule has 0 bridgehead atoms. The molecule has 1 atom stereocenters. The number of carboxylic acids is 1. The summed E-state index contributed by atoms with van der Waals surface area (Å²) in [7, 11) is 0. The van der Waals surface area contributed by atoms with Crippen molar-refractivity contribution in [1.82, 2.24) is 19.6 Å². The van der Waals surface area contributed by atoms with E-state index in [-0.39, 0.29) is 45.8 Å². The zero-order valence-electron chi connectivity index (χ0n) is 22.3. The SMILES string of the molecule is O=C(O)c1cn(-c2cc3c(cc2F)c(=O)c(C2=NC(Cc4ccccc4)ON2)cn3Cc2ccc(C(F)(F)F)cc2F)cn1. The number of benzene rings is 3. The lowest BCUT2D eigenvalue weighted by Gasteiger charge is -2.16. The van der Waals surface area contributed by atoms with Crippen LogP contribution in [0.2, 0.25) is 0 Å². The largest absolute Gasteiger partial charge is 0.476 e. The smallest absolute Gasteiger partial charge is 0.416 e. The van der Waals surface area contributed by atoms with E-state index in [9.17, 15) is 32.3 Å². The molecule has 0 amide bonds. The van der Waals surface area contributed by atoms with Gasteiger partial charge in [-0.3, -0.25) is 4.79 Å². The maximum absolute atomic E-state index is 15.4. The molecule has 2 N–H and O–H groups in total. The summed E-state index contributed by atoms with van der Waals surface area (Å²) in [5.74, 6) is -3.35. The first-order chi connectivity index (χ1) is 21.0. The molecule has 0 aliphatic carbocycles. The van der Waals surface area contributed by atoms with Crippen molar-refractivity contribution in [1.29, 1.82) is 0 Å². The Hall–Kier alpha value is -5.37. The second-order valence-corrected chi connectivity index (χ2v) is 9.94. The third kappa shape index (κ3) is 5.54. The zero-order chi connectivity index (χ0) is 31.2. The highest BCUT2D eigenvalue weighted by Gasteiger charge is 2.31. The van der Waals surface area contributed by atoms with Gasteiger partial charge in [-0.05, 0) is 29.8 Å². The Bertz CT molecular complexity index is 2000. The lowest BCUT2D eigenvalue weighted by Crippen LogP contribution is -2.27. The molecule has 14 heteroatoms. The zero-order valence-corrected chi connectivity index (χ0v) is 22.3. The van der Waals surface area contributed by atoms with Gasteiger partial charge in [0.2, 0.25) is 0 Å². The summed E-state index contributed by atoms with van der Waals surface area (Å²) in [4.78, 5) is 38.6. The Morgan fingerprint density at radius 3 is 2.48 bits per heavy atom. The molecule has 0 saturated carbocycles. The minimum absolute atomic E-state index is 0.0321. The van der Waals surface area contributed by atoms with Gasteiger partial charge in [-0.1, -0.05) is 36.4 Å². The molecule has 2 aromatic heterocycles. The molecular weight excluding hydrogens is 589 g/mol. The summed E-state index contributed by atoms with van der Waals surface area (Å²) < 4.78 is 72.3. The highest BCUT2D eigenvalue weighted by atomic mass is 19.4. The first kappa shape index (κ1) is 28.7. The normalized spacial score (nSPS) is 14.9. The summed E-state index contributed by atoms with van der Waals surface area (Å²) in [6.45, 7) is -0.356. The number of aromatic carboxylic acids is 1. The van der Waals surface area contributed by atoms with Crippen LogP contribution in [0.5, 0.6) is 0 Å². The molecule has 3 aromatic carbocycles. The summed E-state index contributed by atoms with van der Waals surface area (Å²) in [5, 5.41) is 9.07. The van der Waals surface area contributed by atoms with Crippen molar-refractivity contribution in [3.8, 4) is 5.69 Å². The molecule has 3 heterocycles. The highest BCUT2D eigenvalue weighted by Crippen LogP contribution is 2.31. The number of carboxylic acid groups (broad SMARTS) is 1. The van der Waals surface area contributed by atoms with Crippen molar-refractivity contribution in [3.63, 3.8) is 0 Å². The van der Waals surface area contributed by atoms with E-state index >= 15 is 4.39 Å². The first-order valence-corrected chi connectivity index (χ1v) is 13.0. The first-order valence-electron chi connectivity index (χ1n) is 13.0. The number of halogens is 5. The van der Waals surface area contributed by atoms with E-state index in [4.69, 9.17) is 4.84 Å². The molecule has 224 valence electrons. The monoisotopic (exact) mass is 609 g/mol. The number of aromatic nitrogens is 3. The molecule has 0 spiro atoms. The third-order valence-electron chi connectivity index (χ3n) is 7.02. The Balaban J connectivity index is 1.48. The van der Waals surface area contributed by atoms with Gasteiger partial charge in [0, 0.05) is 29.8 Å². The van der Waals surface area contributed by atoms with Crippen LogP contribution in [0, 0.1) is 11.6 Å². The highest BCUT2D eigenvalue weighted by molar-refractivity contribution is 6.01. The molecule has 44 heavy (non-hydrogen) atoms. The topological polar surface area (TPSA) is 111 Å². The van der Waals surface area contributed by atoms with E-state index < -0.39 is 41.0 Å². The van der Waals surface area contributed by atoms with Gasteiger partial charge in [-0.25, -0.2) is 33.9 Å². The van der Waals surface area contributed by atoms with Crippen molar-refractivity contribution in [2.45, 2.75) is 25.4 Å². The van der Waals surface area contributed by atoms with Crippen LogP contribution in [0.25, 0.3) is 16.6 Å². The van der Waals surface area contributed by atoms with E-state index in [0.29, 0.717) is 12.5 Å². The van der Waals surface area contributed by atoms with Gasteiger partial charge in [0.1, 0.15) is 18.0 Å². The van der Waals surface area contributed by atoms with Crippen LogP contribution in [0.3, 0.4) is 0 Å². The van der Waals surface area contributed by atoms with Gasteiger partial charge in [-0.2, -0.15) is 13.2 Å². The molecule has 1 aliphatic heterocycles. The lowest BCUT2D eigenvalue weighted by atomic mass is 10.1. The van der Waals surface area contributed by atoms with Gasteiger partial charge in [0.15, 0.2) is 23.2 Å². The van der Waals surface area contributed by atoms with Crippen LogP contribution in [0.1, 0.15) is 32.7 Å². The van der Waals surface area contributed by atoms with Crippen molar-refractivity contribution in [3.05, 3.63) is 129 Å². The number of fused-ring (bicyclic) bond motifs is 1. The number of aliphatic imine (C=N–C) groups is 1. The minimum Gasteiger partial charge on any atom is -0.476 e. The third-order valence-corrected chi connectivity index (χ3v) is 7.02. The Labute approximate surface area is 244 Å². The summed E-state index contributed by atoms with van der Waals surface area (Å²) in [6.07, 6.45) is -1.63. The van der Waals surface area contributed by atoms with Crippen LogP contribution >= 0.6 is 0 Å². The quantitative estimate of drug-likeness (QED) is 0.249. The summed E-state index contributed by atoms with van der Waals surface area (Å²) in [6, 6.07) is 13.6. The molecule has 5 aromatic rings. The fourth-order valence-electron chi connectivity index (χ4n) is 4.85. The standard InChI is InChI=1S/C30H20F5N5O4/c31-21-9-18(30(33,34)35)7-6-17(21)12-39-13-20(28-37-26(44-38-28)8-16-4-2-1-3-5-16)27(41)19-10-22(32)25(11-24(19)39)40-14-23(29(42)43)36-15-40/h1-7,9-11,13-15,26H,8,12H2,(H,37,38)(H,42,43). The Morgan fingerprint density at radius 2 is 1.80 bits per heavy atom. The van der Waals surface area contributed by atoms with Crippen LogP contribution < -0.4 is 10.9 Å². The average molecular weight is 610 g/mol. The molecule has 0 radical (unpaired) electrons. The molecule has 1 unspecified atom stereocenters. The molecule has 9 nitrogen and oxygen atoms in total. The predicted octanol–water partition coefficient (Wildman–Crippen LogP) is 5.08. The second kappa shape index (κ2) is 11.0. The second-order valence-electron chi connectivity index (χ2n) is 9.94. The molecule has 6 rings (SSSR count). The van der Waals surface area contributed by atoms with E-state index in [0.717, 1.165) is 40.9 Å². The molecule has 0 fully saturated rings. The van der Waals surface area contributed by atoms with E-state index in [1.165, 1.54) is 16.8 Å². The van der Waals surface area contributed by atoms with Crippen LogP contribution in [0.15, 0.2) is 89.2 Å². The van der Waals surface area contributed by atoms with Crippen LogP contribution in [-0.2, 0) is 24.0 Å². The lowest BCUT2D eigenvalue weighted by molar-refractivity contribution is -0.137. The average Bonchev–Trinajstić information content (AvgIpc) is 3.66. The van der Waals surface area contributed by atoms with Crippen molar-refractivity contribution < 1.29 is 36.7 Å². The van der Waals surface area contributed by atoms with Crippen LogP contribution in [0.4, 0.5) is 22.0 Å². The van der Waals surface area contributed by atoms with E-state index in [1.807, 2.05) is 30.3 Å². The molecule has 1 aliphatic rings. The predicted molar refractivity (Wildman–Crippen MR) is 147 cm³/mol.